The Morgan fingerprint density at radius 2 is 2.00 bits per heavy atom. The molecule has 2 aromatic rings. The molecule has 1 atom stereocenters. The van der Waals surface area contributed by atoms with Crippen LogP contribution in [0.2, 0.25) is 5.02 Å². The number of pyridine rings is 2. The average Bonchev–Trinajstić information content (AvgIpc) is 2.38. The van der Waals surface area contributed by atoms with E-state index in [0.29, 0.717) is 16.3 Å². The van der Waals surface area contributed by atoms with Gasteiger partial charge < -0.3 is 10.0 Å². The summed E-state index contributed by atoms with van der Waals surface area (Å²) >= 11 is 6.00. The average molecular weight is 264 g/mol. The molecular formula is C13H14ClN3O. The Kier molecular flexibility index (Phi) is 3.79. The van der Waals surface area contributed by atoms with Crippen molar-refractivity contribution in [3.63, 3.8) is 0 Å². The fourth-order valence-electron chi connectivity index (χ4n) is 1.58. The number of hydrogen-bond donors (Lipinski definition) is 1. The Labute approximate surface area is 111 Å². The van der Waals surface area contributed by atoms with Gasteiger partial charge in [0.25, 0.3) is 0 Å². The lowest BCUT2D eigenvalue weighted by Gasteiger charge is -2.14. The van der Waals surface area contributed by atoms with Gasteiger partial charge in [-0.25, -0.2) is 4.98 Å². The quantitative estimate of drug-likeness (QED) is 0.923. The van der Waals surface area contributed by atoms with Gasteiger partial charge in [-0.1, -0.05) is 17.7 Å². The van der Waals surface area contributed by atoms with Crippen LogP contribution in [-0.2, 0) is 0 Å². The number of nitrogens with zero attached hydrogens (tertiary/aromatic N) is 3. The third-order valence-corrected chi connectivity index (χ3v) is 2.91. The predicted octanol–water partition coefficient (Wildman–Crippen LogP) is 2.28. The molecule has 1 N–H and O–H groups in total. The van der Waals surface area contributed by atoms with Crippen molar-refractivity contribution in [3.05, 3.63) is 52.9 Å². The molecule has 0 aliphatic rings. The van der Waals surface area contributed by atoms with Gasteiger partial charge in [0.1, 0.15) is 11.9 Å². The van der Waals surface area contributed by atoms with Gasteiger partial charge in [-0.15, -0.1) is 0 Å². The van der Waals surface area contributed by atoms with Gasteiger partial charge in [0.15, 0.2) is 0 Å². The molecule has 0 saturated carbocycles. The first-order chi connectivity index (χ1) is 8.59. The second-order valence-corrected chi connectivity index (χ2v) is 4.52. The van der Waals surface area contributed by atoms with E-state index in [1.807, 2.05) is 31.1 Å². The smallest absolute Gasteiger partial charge is 0.127 e. The molecule has 2 heterocycles. The summed E-state index contributed by atoms with van der Waals surface area (Å²) in [5, 5.41) is 10.6. The standard InChI is InChI=1S/C13H14ClN3O/c1-17(2)11-6-5-9(8-16-11)13(18)12-10(14)4-3-7-15-12/h3-8,13,18H,1-2H3. The second-order valence-electron chi connectivity index (χ2n) is 4.12. The predicted molar refractivity (Wildman–Crippen MR) is 71.9 cm³/mol. The number of halogens is 1. The maximum absolute atomic E-state index is 10.2. The molecule has 4 nitrogen and oxygen atoms in total. The lowest BCUT2D eigenvalue weighted by atomic mass is 10.1. The van der Waals surface area contributed by atoms with Gasteiger partial charge in [-0.05, 0) is 18.2 Å². The SMILES string of the molecule is CN(C)c1ccc(C(O)c2ncccc2Cl)cn1. The molecule has 2 rings (SSSR count). The zero-order valence-corrected chi connectivity index (χ0v) is 11.0. The van der Waals surface area contributed by atoms with Gasteiger partial charge in [-0.2, -0.15) is 0 Å². The Balaban J connectivity index is 2.29. The van der Waals surface area contributed by atoms with Crippen molar-refractivity contribution < 1.29 is 5.11 Å². The van der Waals surface area contributed by atoms with Gasteiger partial charge in [0.05, 0.1) is 10.7 Å². The van der Waals surface area contributed by atoms with Crippen LogP contribution in [0, 0.1) is 0 Å². The van der Waals surface area contributed by atoms with E-state index in [1.165, 1.54) is 0 Å². The van der Waals surface area contributed by atoms with Crippen molar-refractivity contribution in [2.75, 3.05) is 19.0 Å². The number of aliphatic hydroxyl groups is 1. The van der Waals surface area contributed by atoms with Crippen LogP contribution in [-0.4, -0.2) is 29.2 Å². The molecule has 94 valence electrons. The minimum Gasteiger partial charge on any atom is -0.382 e. The summed E-state index contributed by atoms with van der Waals surface area (Å²) in [5.41, 5.74) is 1.11. The topological polar surface area (TPSA) is 49.2 Å². The lowest BCUT2D eigenvalue weighted by Crippen LogP contribution is -2.11. The van der Waals surface area contributed by atoms with E-state index in [1.54, 1.807) is 24.5 Å². The molecule has 2 aromatic heterocycles. The molecule has 0 saturated heterocycles. The Bertz CT molecular complexity index is 528. The van der Waals surface area contributed by atoms with Crippen LogP contribution >= 0.6 is 11.6 Å². The van der Waals surface area contributed by atoms with E-state index in [0.717, 1.165) is 5.82 Å². The van der Waals surface area contributed by atoms with Crippen LogP contribution in [0.25, 0.3) is 0 Å². The normalized spacial score (nSPS) is 12.2. The molecular weight excluding hydrogens is 250 g/mol. The molecule has 0 fully saturated rings. The second kappa shape index (κ2) is 5.33. The number of hydrogen-bond acceptors (Lipinski definition) is 4. The largest absolute Gasteiger partial charge is 0.382 e. The van der Waals surface area contributed by atoms with E-state index in [9.17, 15) is 5.11 Å². The molecule has 0 bridgehead atoms. The maximum atomic E-state index is 10.2. The monoisotopic (exact) mass is 263 g/mol. The first-order valence-corrected chi connectivity index (χ1v) is 5.89. The van der Waals surface area contributed by atoms with Gasteiger partial charge >= 0.3 is 0 Å². The molecule has 0 aromatic carbocycles. The lowest BCUT2D eigenvalue weighted by molar-refractivity contribution is 0.215. The van der Waals surface area contributed by atoms with Crippen molar-refractivity contribution >= 4 is 17.4 Å². The highest BCUT2D eigenvalue weighted by Gasteiger charge is 2.15. The number of aliphatic hydroxyl groups excluding tert-OH is 1. The van der Waals surface area contributed by atoms with Gasteiger partial charge in [0.2, 0.25) is 0 Å². The van der Waals surface area contributed by atoms with Crippen molar-refractivity contribution in [1.82, 2.24) is 9.97 Å². The summed E-state index contributed by atoms with van der Waals surface area (Å²) in [6, 6.07) is 7.09. The molecule has 0 amide bonds. The van der Waals surface area contributed by atoms with Gasteiger partial charge in [-0.3, -0.25) is 4.98 Å². The Morgan fingerprint density at radius 1 is 1.22 bits per heavy atom. The van der Waals surface area contributed by atoms with Crippen LogP contribution in [0.5, 0.6) is 0 Å². The van der Waals surface area contributed by atoms with E-state index < -0.39 is 6.10 Å². The highest BCUT2D eigenvalue weighted by Crippen LogP contribution is 2.26. The Morgan fingerprint density at radius 3 is 2.56 bits per heavy atom. The highest BCUT2D eigenvalue weighted by atomic mass is 35.5. The molecule has 18 heavy (non-hydrogen) atoms. The van der Waals surface area contributed by atoms with E-state index in [2.05, 4.69) is 9.97 Å². The van der Waals surface area contributed by atoms with Crippen LogP contribution < -0.4 is 4.90 Å². The van der Waals surface area contributed by atoms with Crippen LogP contribution in [0.4, 0.5) is 5.82 Å². The van der Waals surface area contributed by atoms with Crippen LogP contribution in [0.15, 0.2) is 36.7 Å². The molecule has 0 aliphatic carbocycles. The van der Waals surface area contributed by atoms with E-state index in [-0.39, 0.29) is 0 Å². The molecule has 0 radical (unpaired) electrons. The Hall–Kier alpha value is -1.65. The molecule has 5 heteroatoms. The number of aromatic nitrogens is 2. The number of anilines is 1. The summed E-state index contributed by atoms with van der Waals surface area (Å²) in [5.74, 6) is 0.832. The fourth-order valence-corrected chi connectivity index (χ4v) is 1.81. The zero-order chi connectivity index (χ0) is 13.1. The van der Waals surface area contributed by atoms with Crippen LogP contribution in [0.3, 0.4) is 0 Å². The maximum Gasteiger partial charge on any atom is 0.127 e. The van der Waals surface area contributed by atoms with Crippen molar-refractivity contribution in [3.8, 4) is 0 Å². The first kappa shape index (κ1) is 12.8. The third-order valence-electron chi connectivity index (χ3n) is 2.59. The minimum atomic E-state index is -0.859. The summed E-state index contributed by atoms with van der Waals surface area (Å²) in [4.78, 5) is 10.2. The third kappa shape index (κ3) is 2.60. The highest BCUT2D eigenvalue weighted by molar-refractivity contribution is 6.31. The van der Waals surface area contributed by atoms with Gasteiger partial charge in [0, 0.05) is 32.1 Å². The van der Waals surface area contributed by atoms with Crippen molar-refractivity contribution in [2.24, 2.45) is 0 Å². The molecule has 0 aliphatic heterocycles. The van der Waals surface area contributed by atoms with Crippen molar-refractivity contribution in [1.29, 1.82) is 0 Å². The summed E-state index contributed by atoms with van der Waals surface area (Å²) < 4.78 is 0. The first-order valence-electron chi connectivity index (χ1n) is 5.51. The number of rotatable bonds is 3. The molecule has 0 spiro atoms. The fraction of sp³-hybridized carbons (Fsp3) is 0.231. The zero-order valence-electron chi connectivity index (χ0n) is 10.2. The summed E-state index contributed by atoms with van der Waals surface area (Å²) in [6.45, 7) is 0. The van der Waals surface area contributed by atoms with Crippen LogP contribution in [0.1, 0.15) is 17.4 Å². The summed E-state index contributed by atoms with van der Waals surface area (Å²) in [6.07, 6.45) is 2.37. The van der Waals surface area contributed by atoms with Crippen molar-refractivity contribution in [2.45, 2.75) is 6.10 Å². The summed E-state index contributed by atoms with van der Waals surface area (Å²) in [7, 11) is 3.82. The molecule has 1 unspecified atom stereocenters. The minimum absolute atomic E-state index is 0.443. The van der Waals surface area contributed by atoms with E-state index in [4.69, 9.17) is 11.6 Å². The van der Waals surface area contributed by atoms with E-state index >= 15 is 0 Å².